The maximum Gasteiger partial charge on any atom is 0.271 e. The molecule has 1 aliphatic rings. The molecule has 0 aromatic carbocycles. The lowest BCUT2D eigenvalue weighted by Gasteiger charge is -2.27. The van der Waals surface area contributed by atoms with Gasteiger partial charge in [0.15, 0.2) is 4.96 Å². The zero-order valence-electron chi connectivity index (χ0n) is 11.8. The van der Waals surface area contributed by atoms with E-state index in [2.05, 4.69) is 10.3 Å². The third kappa shape index (κ3) is 2.47. The Kier molecular flexibility index (Phi) is 3.54. The van der Waals surface area contributed by atoms with E-state index in [0.29, 0.717) is 4.96 Å². The molecule has 0 bridgehead atoms. The highest BCUT2D eigenvalue weighted by Gasteiger charge is 2.35. The maximum absolute atomic E-state index is 12.4. The molecule has 21 heavy (non-hydrogen) atoms. The summed E-state index contributed by atoms with van der Waals surface area (Å²) in [6.07, 6.45) is 6.43. The Bertz CT molecular complexity index is 743. The minimum Gasteiger partial charge on any atom is -0.394 e. The van der Waals surface area contributed by atoms with Crippen molar-refractivity contribution in [2.24, 2.45) is 0 Å². The van der Waals surface area contributed by atoms with Gasteiger partial charge in [-0.1, -0.05) is 12.8 Å². The second-order valence-electron chi connectivity index (χ2n) is 5.57. The van der Waals surface area contributed by atoms with Crippen molar-refractivity contribution in [1.82, 2.24) is 14.7 Å². The molecule has 1 amide bonds. The summed E-state index contributed by atoms with van der Waals surface area (Å²) >= 11 is 1.40. The minimum atomic E-state index is -0.590. The standard InChI is InChI=1S/C14H17N3O3S/c1-9-7-17-12(20)10(6-15-13(17)21-9)11(19)16-14(8-18)4-2-3-5-14/h6-7,18H,2-5,8H2,1H3,(H,16,19). The molecule has 0 unspecified atom stereocenters. The minimum absolute atomic E-state index is 0.0185. The van der Waals surface area contributed by atoms with E-state index in [9.17, 15) is 14.7 Å². The summed E-state index contributed by atoms with van der Waals surface area (Å²) in [5.74, 6) is -0.457. The van der Waals surface area contributed by atoms with E-state index in [1.807, 2.05) is 6.92 Å². The topological polar surface area (TPSA) is 83.7 Å². The second kappa shape index (κ2) is 5.23. The van der Waals surface area contributed by atoms with Crippen LogP contribution in [0.5, 0.6) is 0 Å². The number of nitrogens with one attached hydrogen (secondary N) is 1. The van der Waals surface area contributed by atoms with Gasteiger partial charge in [0.25, 0.3) is 11.5 Å². The fourth-order valence-corrected chi connectivity index (χ4v) is 3.62. The summed E-state index contributed by atoms with van der Waals surface area (Å²) in [4.78, 5) is 30.4. The average Bonchev–Trinajstić information content (AvgIpc) is 3.06. The normalized spacial score (nSPS) is 17.2. The van der Waals surface area contributed by atoms with Crippen LogP contribution in [0, 0.1) is 6.92 Å². The molecule has 7 heteroatoms. The number of aryl methyl sites for hydroxylation is 1. The lowest BCUT2D eigenvalue weighted by atomic mass is 9.98. The molecule has 1 aliphatic carbocycles. The number of fused-ring (bicyclic) bond motifs is 1. The first-order valence-corrected chi connectivity index (χ1v) is 7.77. The Morgan fingerprint density at radius 3 is 2.90 bits per heavy atom. The maximum atomic E-state index is 12.4. The van der Waals surface area contributed by atoms with Crippen molar-refractivity contribution in [3.8, 4) is 0 Å². The molecule has 0 radical (unpaired) electrons. The molecule has 2 aromatic heterocycles. The first-order valence-electron chi connectivity index (χ1n) is 6.96. The fraction of sp³-hybridized carbons (Fsp3) is 0.500. The van der Waals surface area contributed by atoms with Crippen LogP contribution < -0.4 is 10.9 Å². The van der Waals surface area contributed by atoms with Crippen LogP contribution in [0.15, 0.2) is 17.2 Å². The van der Waals surface area contributed by atoms with Gasteiger partial charge in [0.1, 0.15) is 5.56 Å². The van der Waals surface area contributed by atoms with Crippen LogP contribution in [0.25, 0.3) is 4.96 Å². The first kappa shape index (κ1) is 14.2. The van der Waals surface area contributed by atoms with Crippen LogP contribution in [0.1, 0.15) is 40.9 Å². The third-order valence-electron chi connectivity index (χ3n) is 4.01. The number of carbonyl (C=O) groups excluding carboxylic acids is 1. The number of thiazole rings is 1. The molecular formula is C14H17N3O3S. The number of aliphatic hydroxyl groups is 1. The number of hydrogen-bond acceptors (Lipinski definition) is 5. The van der Waals surface area contributed by atoms with E-state index in [1.54, 1.807) is 6.20 Å². The number of aromatic nitrogens is 2. The summed E-state index contributed by atoms with van der Waals surface area (Å²) in [7, 11) is 0. The Balaban J connectivity index is 1.94. The van der Waals surface area contributed by atoms with Gasteiger partial charge >= 0.3 is 0 Å². The van der Waals surface area contributed by atoms with Crippen LogP contribution in [0.4, 0.5) is 0 Å². The number of rotatable bonds is 3. The molecule has 0 saturated heterocycles. The van der Waals surface area contributed by atoms with Gasteiger partial charge in [-0.15, -0.1) is 11.3 Å². The molecule has 0 spiro atoms. The quantitative estimate of drug-likeness (QED) is 0.889. The lowest BCUT2D eigenvalue weighted by molar-refractivity contribution is 0.0836. The molecule has 1 fully saturated rings. The van der Waals surface area contributed by atoms with Gasteiger partial charge in [0, 0.05) is 17.3 Å². The van der Waals surface area contributed by atoms with Crippen LogP contribution in [-0.2, 0) is 0 Å². The summed E-state index contributed by atoms with van der Waals surface area (Å²) in [6, 6.07) is 0. The summed E-state index contributed by atoms with van der Waals surface area (Å²) in [5, 5.41) is 12.4. The largest absolute Gasteiger partial charge is 0.394 e. The zero-order chi connectivity index (χ0) is 15.0. The van der Waals surface area contributed by atoms with Crippen molar-refractivity contribution in [3.63, 3.8) is 0 Å². The molecule has 0 aliphatic heterocycles. The zero-order valence-corrected chi connectivity index (χ0v) is 12.6. The highest BCUT2D eigenvalue weighted by atomic mass is 32.1. The third-order valence-corrected chi connectivity index (χ3v) is 4.92. The van der Waals surface area contributed by atoms with Gasteiger partial charge in [0.2, 0.25) is 0 Å². The summed E-state index contributed by atoms with van der Waals surface area (Å²) < 4.78 is 1.40. The summed E-state index contributed by atoms with van der Waals surface area (Å²) in [6.45, 7) is 1.78. The van der Waals surface area contributed by atoms with E-state index in [-0.39, 0.29) is 17.7 Å². The Hall–Kier alpha value is -1.73. The predicted molar refractivity (Wildman–Crippen MR) is 79.8 cm³/mol. The molecular weight excluding hydrogens is 290 g/mol. The highest BCUT2D eigenvalue weighted by Crippen LogP contribution is 2.29. The van der Waals surface area contributed by atoms with Gasteiger partial charge in [-0.05, 0) is 19.8 Å². The van der Waals surface area contributed by atoms with E-state index < -0.39 is 11.4 Å². The van der Waals surface area contributed by atoms with Crippen LogP contribution in [0.3, 0.4) is 0 Å². The number of aliphatic hydroxyl groups excluding tert-OH is 1. The van der Waals surface area contributed by atoms with E-state index in [1.165, 1.54) is 21.9 Å². The van der Waals surface area contributed by atoms with Gasteiger partial charge in [-0.25, -0.2) is 4.98 Å². The SMILES string of the molecule is Cc1cn2c(=O)c(C(=O)NC3(CO)CCCC3)cnc2s1. The number of hydrogen-bond donors (Lipinski definition) is 2. The molecule has 3 rings (SSSR count). The van der Waals surface area contributed by atoms with Gasteiger partial charge < -0.3 is 10.4 Å². The van der Waals surface area contributed by atoms with Crippen LogP contribution in [0.2, 0.25) is 0 Å². The van der Waals surface area contributed by atoms with Crippen molar-refractivity contribution in [2.75, 3.05) is 6.61 Å². The van der Waals surface area contributed by atoms with Gasteiger partial charge in [-0.2, -0.15) is 0 Å². The molecule has 2 aromatic rings. The van der Waals surface area contributed by atoms with Crippen molar-refractivity contribution in [1.29, 1.82) is 0 Å². The van der Waals surface area contributed by atoms with E-state index in [0.717, 1.165) is 30.6 Å². The molecule has 112 valence electrons. The molecule has 0 atom stereocenters. The number of amides is 1. The highest BCUT2D eigenvalue weighted by molar-refractivity contribution is 7.16. The van der Waals surface area contributed by atoms with Gasteiger partial charge in [0.05, 0.1) is 12.1 Å². The van der Waals surface area contributed by atoms with Crippen molar-refractivity contribution in [3.05, 3.63) is 33.2 Å². The Labute approximate surface area is 125 Å². The first-order chi connectivity index (χ1) is 10.0. The van der Waals surface area contributed by atoms with Crippen molar-refractivity contribution in [2.45, 2.75) is 38.1 Å². The van der Waals surface area contributed by atoms with Gasteiger partial charge in [-0.3, -0.25) is 14.0 Å². The summed E-state index contributed by atoms with van der Waals surface area (Å²) in [5.41, 5.74) is -0.939. The second-order valence-corrected chi connectivity index (χ2v) is 6.78. The number of nitrogens with zero attached hydrogens (tertiary/aromatic N) is 2. The van der Waals surface area contributed by atoms with E-state index in [4.69, 9.17) is 0 Å². The molecule has 1 saturated carbocycles. The lowest BCUT2D eigenvalue weighted by Crippen LogP contribution is -2.50. The molecule has 6 nitrogen and oxygen atoms in total. The van der Waals surface area contributed by atoms with Crippen molar-refractivity contribution >= 4 is 22.2 Å². The van der Waals surface area contributed by atoms with E-state index >= 15 is 0 Å². The Morgan fingerprint density at radius 2 is 2.24 bits per heavy atom. The Morgan fingerprint density at radius 1 is 1.52 bits per heavy atom. The fourth-order valence-electron chi connectivity index (χ4n) is 2.83. The molecule has 2 heterocycles. The average molecular weight is 307 g/mol. The molecule has 2 N–H and O–H groups in total. The predicted octanol–water partition coefficient (Wildman–Crippen LogP) is 1.10. The van der Waals surface area contributed by atoms with Crippen LogP contribution >= 0.6 is 11.3 Å². The smallest absolute Gasteiger partial charge is 0.271 e. The van der Waals surface area contributed by atoms with Crippen LogP contribution in [-0.4, -0.2) is 32.5 Å². The monoisotopic (exact) mass is 307 g/mol. The van der Waals surface area contributed by atoms with Crippen molar-refractivity contribution < 1.29 is 9.90 Å². The number of carbonyl (C=O) groups is 1.